The first-order valence-corrected chi connectivity index (χ1v) is 8.08. The SMILES string of the molecule is CC(C)N(C)C(=O)CN1CCC(Cc2ccccc2)CC1. The first kappa shape index (κ1) is 16.0. The Morgan fingerprint density at radius 2 is 1.86 bits per heavy atom. The highest BCUT2D eigenvalue weighted by Gasteiger charge is 2.22. The number of piperidine rings is 1. The second-order valence-electron chi connectivity index (χ2n) is 6.51. The lowest BCUT2D eigenvalue weighted by Gasteiger charge is -2.33. The summed E-state index contributed by atoms with van der Waals surface area (Å²) in [5, 5.41) is 0. The molecule has 1 heterocycles. The van der Waals surface area contributed by atoms with Crippen LogP contribution in [-0.2, 0) is 11.2 Å². The lowest BCUT2D eigenvalue weighted by Crippen LogP contribution is -2.44. The van der Waals surface area contributed by atoms with Crippen LogP contribution in [0, 0.1) is 5.92 Å². The van der Waals surface area contributed by atoms with Crippen LogP contribution in [0.1, 0.15) is 32.3 Å². The molecular weight excluding hydrogens is 260 g/mol. The summed E-state index contributed by atoms with van der Waals surface area (Å²) in [5.41, 5.74) is 1.44. The summed E-state index contributed by atoms with van der Waals surface area (Å²) < 4.78 is 0. The molecule has 1 aliphatic heterocycles. The van der Waals surface area contributed by atoms with E-state index in [-0.39, 0.29) is 11.9 Å². The maximum Gasteiger partial charge on any atom is 0.236 e. The zero-order chi connectivity index (χ0) is 15.2. The largest absolute Gasteiger partial charge is 0.342 e. The van der Waals surface area contributed by atoms with Crippen molar-refractivity contribution in [2.75, 3.05) is 26.7 Å². The van der Waals surface area contributed by atoms with Crippen LogP contribution >= 0.6 is 0 Å². The van der Waals surface area contributed by atoms with Crippen molar-refractivity contribution in [3.63, 3.8) is 0 Å². The number of nitrogens with zero attached hydrogens (tertiary/aromatic N) is 2. The third-order valence-corrected chi connectivity index (χ3v) is 4.60. The third kappa shape index (κ3) is 4.85. The van der Waals surface area contributed by atoms with E-state index in [1.165, 1.54) is 24.8 Å². The van der Waals surface area contributed by atoms with E-state index in [1.54, 1.807) is 0 Å². The Labute approximate surface area is 128 Å². The van der Waals surface area contributed by atoms with Gasteiger partial charge in [0.05, 0.1) is 6.54 Å². The average molecular weight is 288 g/mol. The summed E-state index contributed by atoms with van der Waals surface area (Å²) in [6.07, 6.45) is 3.58. The van der Waals surface area contributed by atoms with E-state index in [0.717, 1.165) is 19.0 Å². The van der Waals surface area contributed by atoms with Gasteiger partial charge in [-0.15, -0.1) is 0 Å². The van der Waals surface area contributed by atoms with Crippen LogP contribution in [0.5, 0.6) is 0 Å². The van der Waals surface area contributed by atoms with Crippen LogP contribution in [0.2, 0.25) is 0 Å². The minimum atomic E-state index is 0.242. The van der Waals surface area contributed by atoms with Gasteiger partial charge in [-0.3, -0.25) is 9.69 Å². The summed E-state index contributed by atoms with van der Waals surface area (Å²) in [5.74, 6) is 1.01. The van der Waals surface area contributed by atoms with Crippen LogP contribution in [0.4, 0.5) is 0 Å². The number of rotatable bonds is 5. The molecule has 0 aliphatic carbocycles. The molecule has 116 valence electrons. The first-order chi connectivity index (χ1) is 10.1. The van der Waals surface area contributed by atoms with Gasteiger partial charge in [0.25, 0.3) is 0 Å². The first-order valence-electron chi connectivity index (χ1n) is 8.08. The third-order valence-electron chi connectivity index (χ3n) is 4.60. The van der Waals surface area contributed by atoms with Crippen molar-refractivity contribution in [3.8, 4) is 0 Å². The quantitative estimate of drug-likeness (QED) is 0.832. The summed E-state index contributed by atoms with van der Waals surface area (Å²) in [7, 11) is 1.90. The van der Waals surface area contributed by atoms with Crippen LogP contribution in [-0.4, -0.2) is 48.4 Å². The second kappa shape index (κ2) is 7.60. The number of amides is 1. The van der Waals surface area contributed by atoms with Gasteiger partial charge in [0.2, 0.25) is 5.91 Å². The Morgan fingerprint density at radius 1 is 1.24 bits per heavy atom. The van der Waals surface area contributed by atoms with Crippen molar-refractivity contribution in [3.05, 3.63) is 35.9 Å². The molecule has 0 unspecified atom stereocenters. The zero-order valence-electron chi connectivity index (χ0n) is 13.6. The van der Waals surface area contributed by atoms with E-state index in [0.29, 0.717) is 6.54 Å². The van der Waals surface area contributed by atoms with Crippen molar-refractivity contribution < 1.29 is 4.79 Å². The molecule has 0 bridgehead atoms. The second-order valence-corrected chi connectivity index (χ2v) is 6.51. The molecule has 1 aromatic carbocycles. The highest BCUT2D eigenvalue weighted by Crippen LogP contribution is 2.21. The Kier molecular flexibility index (Phi) is 5.80. The van der Waals surface area contributed by atoms with Gasteiger partial charge in [0.15, 0.2) is 0 Å². The molecule has 21 heavy (non-hydrogen) atoms. The molecule has 1 aromatic rings. The van der Waals surface area contributed by atoms with Crippen LogP contribution < -0.4 is 0 Å². The fourth-order valence-electron chi connectivity index (χ4n) is 2.89. The maximum atomic E-state index is 12.1. The number of hydrogen-bond acceptors (Lipinski definition) is 2. The van der Waals surface area contributed by atoms with E-state index in [1.807, 2.05) is 11.9 Å². The van der Waals surface area contributed by atoms with Gasteiger partial charge < -0.3 is 4.90 Å². The number of likely N-dealkylation sites (tertiary alicyclic amines) is 1. The number of hydrogen-bond donors (Lipinski definition) is 0. The van der Waals surface area contributed by atoms with E-state index < -0.39 is 0 Å². The lowest BCUT2D eigenvalue weighted by molar-refractivity contribution is -0.132. The minimum Gasteiger partial charge on any atom is -0.342 e. The number of carbonyl (C=O) groups excluding carboxylic acids is 1. The zero-order valence-corrected chi connectivity index (χ0v) is 13.6. The van der Waals surface area contributed by atoms with Gasteiger partial charge in [0.1, 0.15) is 0 Å². The van der Waals surface area contributed by atoms with Gasteiger partial charge in [0, 0.05) is 13.1 Å². The van der Waals surface area contributed by atoms with Crippen molar-refractivity contribution >= 4 is 5.91 Å². The van der Waals surface area contributed by atoms with Crippen molar-refractivity contribution in [1.29, 1.82) is 0 Å². The molecule has 1 aliphatic rings. The molecule has 3 nitrogen and oxygen atoms in total. The molecule has 0 atom stereocenters. The predicted octanol–water partition coefficient (Wildman–Crippen LogP) is 2.81. The molecule has 3 heteroatoms. The average Bonchev–Trinajstić information content (AvgIpc) is 2.49. The molecule has 0 aromatic heterocycles. The Bertz CT molecular complexity index is 436. The number of likely N-dealkylation sites (N-methyl/N-ethyl adjacent to an activating group) is 1. The number of benzene rings is 1. The van der Waals surface area contributed by atoms with Crippen molar-refractivity contribution in [2.45, 2.75) is 39.2 Å². The van der Waals surface area contributed by atoms with Crippen molar-refractivity contribution in [1.82, 2.24) is 9.80 Å². The molecule has 0 radical (unpaired) electrons. The van der Waals surface area contributed by atoms with Gasteiger partial charge in [-0.1, -0.05) is 30.3 Å². The Balaban J connectivity index is 1.74. The molecule has 1 fully saturated rings. The molecule has 2 rings (SSSR count). The molecule has 0 saturated carbocycles. The van der Waals surface area contributed by atoms with E-state index in [2.05, 4.69) is 49.1 Å². The molecule has 1 amide bonds. The van der Waals surface area contributed by atoms with Gasteiger partial charge in [-0.25, -0.2) is 0 Å². The summed E-state index contributed by atoms with van der Waals surface area (Å²) in [4.78, 5) is 16.3. The number of carbonyl (C=O) groups is 1. The molecule has 1 saturated heterocycles. The topological polar surface area (TPSA) is 23.6 Å². The summed E-state index contributed by atoms with van der Waals surface area (Å²) >= 11 is 0. The molecule has 0 N–H and O–H groups in total. The van der Waals surface area contributed by atoms with Crippen molar-refractivity contribution in [2.24, 2.45) is 5.92 Å². The summed E-state index contributed by atoms with van der Waals surface area (Å²) in [6.45, 7) is 6.80. The predicted molar refractivity (Wildman–Crippen MR) is 87.2 cm³/mol. The fourth-order valence-corrected chi connectivity index (χ4v) is 2.89. The van der Waals surface area contributed by atoms with E-state index in [9.17, 15) is 4.79 Å². The smallest absolute Gasteiger partial charge is 0.236 e. The molecular formula is C18H28N2O. The van der Waals surface area contributed by atoms with Gasteiger partial charge >= 0.3 is 0 Å². The Hall–Kier alpha value is -1.35. The standard InChI is InChI=1S/C18H28N2O/c1-15(2)19(3)18(21)14-20-11-9-17(10-12-20)13-16-7-5-4-6-8-16/h4-8,15,17H,9-14H2,1-3H3. The highest BCUT2D eigenvalue weighted by molar-refractivity contribution is 5.78. The lowest BCUT2D eigenvalue weighted by atomic mass is 9.90. The van der Waals surface area contributed by atoms with Crippen LogP contribution in [0.25, 0.3) is 0 Å². The van der Waals surface area contributed by atoms with Crippen LogP contribution in [0.15, 0.2) is 30.3 Å². The molecule has 0 spiro atoms. The Morgan fingerprint density at radius 3 is 2.43 bits per heavy atom. The van der Waals surface area contributed by atoms with Gasteiger partial charge in [-0.2, -0.15) is 0 Å². The van der Waals surface area contributed by atoms with E-state index >= 15 is 0 Å². The normalized spacial score (nSPS) is 17.1. The summed E-state index contributed by atoms with van der Waals surface area (Å²) in [6, 6.07) is 11.0. The highest BCUT2D eigenvalue weighted by atomic mass is 16.2. The monoisotopic (exact) mass is 288 g/mol. The maximum absolute atomic E-state index is 12.1. The van der Waals surface area contributed by atoms with Crippen LogP contribution in [0.3, 0.4) is 0 Å². The fraction of sp³-hybridized carbons (Fsp3) is 0.611. The van der Waals surface area contributed by atoms with E-state index in [4.69, 9.17) is 0 Å². The minimum absolute atomic E-state index is 0.242. The van der Waals surface area contributed by atoms with Gasteiger partial charge in [-0.05, 0) is 57.7 Å².